The van der Waals surface area contributed by atoms with E-state index in [1.54, 1.807) is 0 Å². The Morgan fingerprint density at radius 3 is 2.63 bits per heavy atom. The van der Waals surface area contributed by atoms with E-state index < -0.39 is 5.60 Å². The van der Waals surface area contributed by atoms with Gasteiger partial charge in [0.1, 0.15) is 5.84 Å². The van der Waals surface area contributed by atoms with Crippen LogP contribution in [0.3, 0.4) is 0 Å². The van der Waals surface area contributed by atoms with Gasteiger partial charge in [0.2, 0.25) is 0 Å². The first kappa shape index (κ1) is 14.3. The van der Waals surface area contributed by atoms with Crippen molar-refractivity contribution in [2.45, 2.75) is 31.3 Å². The van der Waals surface area contributed by atoms with Crippen molar-refractivity contribution in [2.75, 3.05) is 18.5 Å². The second-order valence-corrected chi connectivity index (χ2v) is 6.22. The number of nitrogens with zero attached hydrogens (tertiary/aromatic N) is 1. The van der Waals surface area contributed by atoms with Crippen molar-refractivity contribution in [1.29, 1.82) is 5.41 Å². The van der Waals surface area contributed by atoms with E-state index in [9.17, 15) is 5.11 Å². The summed E-state index contributed by atoms with van der Waals surface area (Å²) in [4.78, 5) is 2.05. The summed E-state index contributed by atoms with van der Waals surface area (Å²) in [7, 11) is 1.98. The maximum Gasteiger partial charge on any atom is 0.122 e. The average Bonchev–Trinajstić information content (AvgIpc) is 2.75. The highest BCUT2D eigenvalue weighted by Gasteiger charge is 2.32. The summed E-state index contributed by atoms with van der Waals surface area (Å²) in [6.07, 6.45) is 3.96. The van der Waals surface area contributed by atoms with Gasteiger partial charge in [0.05, 0.1) is 11.3 Å². The van der Waals surface area contributed by atoms with Gasteiger partial charge in [-0.2, -0.15) is 0 Å². The third kappa shape index (κ3) is 3.28. The average molecular weight is 326 g/mol. The summed E-state index contributed by atoms with van der Waals surface area (Å²) in [5, 5.41) is 17.9. The van der Waals surface area contributed by atoms with Crippen LogP contribution >= 0.6 is 15.9 Å². The van der Waals surface area contributed by atoms with Gasteiger partial charge in [-0.1, -0.05) is 12.8 Å². The third-order valence-corrected chi connectivity index (χ3v) is 4.37. The number of hydrogen-bond acceptors (Lipinski definition) is 3. The van der Waals surface area contributed by atoms with Crippen LogP contribution in [0.2, 0.25) is 0 Å². The number of likely N-dealkylation sites (N-methyl/N-ethyl adjacent to an activating group) is 1. The van der Waals surface area contributed by atoms with Crippen LogP contribution in [-0.2, 0) is 0 Å². The van der Waals surface area contributed by atoms with Crippen LogP contribution in [0.1, 0.15) is 31.2 Å². The molecule has 0 atom stereocenters. The van der Waals surface area contributed by atoms with Crippen LogP contribution in [0.4, 0.5) is 5.69 Å². The maximum absolute atomic E-state index is 10.4. The molecule has 5 heteroatoms. The lowest BCUT2D eigenvalue weighted by molar-refractivity contribution is 0.0559. The highest BCUT2D eigenvalue weighted by Crippen LogP contribution is 2.33. The maximum atomic E-state index is 10.4. The topological polar surface area (TPSA) is 73.3 Å². The SMILES string of the molecule is CN(CC1(O)CCCC1)c1ccc(C(=N)N)cc1Br. The van der Waals surface area contributed by atoms with Gasteiger partial charge in [-0.15, -0.1) is 0 Å². The molecule has 2 rings (SSSR count). The predicted octanol–water partition coefficient (Wildman–Crippen LogP) is 2.47. The minimum absolute atomic E-state index is 0.0596. The van der Waals surface area contributed by atoms with Gasteiger partial charge in [-0.05, 0) is 47.0 Å². The van der Waals surface area contributed by atoms with Crippen molar-refractivity contribution in [1.82, 2.24) is 0 Å². The molecule has 1 fully saturated rings. The minimum atomic E-state index is -0.562. The Morgan fingerprint density at radius 1 is 1.47 bits per heavy atom. The van der Waals surface area contributed by atoms with Crippen molar-refractivity contribution in [3.8, 4) is 0 Å². The summed E-state index contributed by atoms with van der Waals surface area (Å²) in [6, 6.07) is 5.60. The molecule has 4 nitrogen and oxygen atoms in total. The molecule has 0 aromatic heterocycles. The van der Waals surface area contributed by atoms with E-state index in [1.807, 2.05) is 25.2 Å². The van der Waals surface area contributed by atoms with Crippen molar-refractivity contribution in [3.63, 3.8) is 0 Å². The summed E-state index contributed by atoms with van der Waals surface area (Å²) < 4.78 is 0.893. The number of amidine groups is 1. The molecule has 19 heavy (non-hydrogen) atoms. The fourth-order valence-electron chi connectivity index (χ4n) is 2.70. The van der Waals surface area contributed by atoms with Gasteiger partial charge in [-0.3, -0.25) is 5.41 Å². The highest BCUT2D eigenvalue weighted by atomic mass is 79.9. The van der Waals surface area contributed by atoms with E-state index in [4.69, 9.17) is 11.1 Å². The smallest absolute Gasteiger partial charge is 0.122 e. The first-order valence-corrected chi connectivity index (χ1v) is 7.28. The third-order valence-electron chi connectivity index (χ3n) is 3.74. The van der Waals surface area contributed by atoms with Crippen LogP contribution in [0.15, 0.2) is 22.7 Å². The number of nitrogen functional groups attached to an aromatic ring is 1. The molecular formula is C14H20BrN3O. The summed E-state index contributed by atoms with van der Waals surface area (Å²) in [5.74, 6) is 0.0596. The second kappa shape index (κ2) is 5.51. The van der Waals surface area contributed by atoms with Crippen molar-refractivity contribution < 1.29 is 5.11 Å². The number of benzene rings is 1. The van der Waals surface area contributed by atoms with Gasteiger partial charge in [0.15, 0.2) is 0 Å². The quantitative estimate of drug-likeness (QED) is 0.588. The number of hydrogen-bond donors (Lipinski definition) is 3. The Hall–Kier alpha value is -1.07. The number of rotatable bonds is 4. The van der Waals surface area contributed by atoms with Crippen LogP contribution in [0.25, 0.3) is 0 Å². The predicted molar refractivity (Wildman–Crippen MR) is 81.8 cm³/mol. The molecule has 0 unspecified atom stereocenters. The van der Waals surface area contributed by atoms with E-state index in [-0.39, 0.29) is 5.84 Å². The van der Waals surface area contributed by atoms with Crippen molar-refractivity contribution >= 4 is 27.5 Å². The summed E-state index contributed by atoms with van der Waals surface area (Å²) in [6.45, 7) is 0.630. The zero-order chi connectivity index (χ0) is 14.0. The number of halogens is 1. The number of nitrogens with one attached hydrogen (secondary N) is 1. The molecule has 0 spiro atoms. The first-order chi connectivity index (χ1) is 8.91. The van der Waals surface area contributed by atoms with Crippen LogP contribution in [-0.4, -0.2) is 30.1 Å². The fraction of sp³-hybridized carbons (Fsp3) is 0.500. The number of anilines is 1. The lowest BCUT2D eigenvalue weighted by Gasteiger charge is -2.30. The molecule has 0 heterocycles. The molecule has 1 saturated carbocycles. The first-order valence-electron chi connectivity index (χ1n) is 6.49. The van der Waals surface area contributed by atoms with Crippen molar-refractivity contribution in [2.24, 2.45) is 5.73 Å². The van der Waals surface area contributed by atoms with Gasteiger partial charge >= 0.3 is 0 Å². The second-order valence-electron chi connectivity index (χ2n) is 5.37. The van der Waals surface area contributed by atoms with Crippen LogP contribution < -0.4 is 10.6 Å². The fourth-order valence-corrected chi connectivity index (χ4v) is 3.38. The zero-order valence-electron chi connectivity index (χ0n) is 11.1. The van der Waals surface area contributed by atoms with E-state index in [0.29, 0.717) is 12.1 Å². The molecular weight excluding hydrogens is 306 g/mol. The monoisotopic (exact) mass is 325 g/mol. The van der Waals surface area contributed by atoms with E-state index in [1.165, 1.54) is 0 Å². The largest absolute Gasteiger partial charge is 0.388 e. The molecule has 104 valence electrons. The Bertz CT molecular complexity index is 484. The van der Waals surface area contributed by atoms with E-state index >= 15 is 0 Å². The Kier molecular flexibility index (Phi) is 4.16. The van der Waals surface area contributed by atoms with E-state index in [0.717, 1.165) is 35.8 Å². The van der Waals surface area contributed by atoms with Crippen LogP contribution in [0, 0.1) is 5.41 Å². The molecule has 4 N–H and O–H groups in total. The van der Waals surface area contributed by atoms with Gasteiger partial charge in [0.25, 0.3) is 0 Å². The van der Waals surface area contributed by atoms with Gasteiger partial charge in [-0.25, -0.2) is 0 Å². The normalized spacial score (nSPS) is 17.4. The minimum Gasteiger partial charge on any atom is -0.388 e. The standard InChI is InChI=1S/C14H20BrN3O/c1-18(9-14(19)6-2-3-7-14)12-5-4-10(13(16)17)8-11(12)15/h4-5,8,19H,2-3,6-7,9H2,1H3,(H3,16,17). The van der Waals surface area contributed by atoms with Gasteiger partial charge in [0, 0.05) is 23.6 Å². The summed E-state index contributed by atoms with van der Waals surface area (Å²) >= 11 is 3.51. The Balaban J connectivity index is 2.15. The van der Waals surface area contributed by atoms with Crippen LogP contribution in [0.5, 0.6) is 0 Å². The lowest BCUT2D eigenvalue weighted by atomic mass is 10.0. The molecule has 0 amide bonds. The van der Waals surface area contributed by atoms with E-state index in [2.05, 4.69) is 20.8 Å². The highest BCUT2D eigenvalue weighted by molar-refractivity contribution is 9.10. The molecule has 1 aromatic rings. The molecule has 0 saturated heterocycles. The summed E-state index contributed by atoms with van der Waals surface area (Å²) in [5.41, 5.74) is 6.61. The molecule has 1 aromatic carbocycles. The molecule has 0 radical (unpaired) electrons. The number of nitrogens with two attached hydrogens (primary N) is 1. The zero-order valence-corrected chi connectivity index (χ0v) is 12.7. The molecule has 0 aliphatic heterocycles. The molecule has 1 aliphatic carbocycles. The van der Waals surface area contributed by atoms with Gasteiger partial charge < -0.3 is 15.7 Å². The molecule has 0 bridgehead atoms. The molecule has 1 aliphatic rings. The van der Waals surface area contributed by atoms with Crippen molar-refractivity contribution in [3.05, 3.63) is 28.2 Å². The lowest BCUT2D eigenvalue weighted by Crippen LogP contribution is -2.39. The Morgan fingerprint density at radius 2 is 2.11 bits per heavy atom. The number of aliphatic hydroxyl groups is 1. The Labute approximate surface area is 122 Å².